The standard InChI is InChI=1S/C13H22N2O2/c1-3-13(2)12(17)15(8-7-11(16)14-13)9-10-5-4-6-10/h10H,3-9H2,1-2H3,(H,14,16). The molecule has 2 aliphatic rings. The van der Waals surface area contributed by atoms with E-state index < -0.39 is 5.54 Å². The molecule has 2 amide bonds. The summed E-state index contributed by atoms with van der Waals surface area (Å²) >= 11 is 0. The summed E-state index contributed by atoms with van der Waals surface area (Å²) in [4.78, 5) is 26.0. The van der Waals surface area contributed by atoms with E-state index >= 15 is 0 Å². The molecule has 0 bridgehead atoms. The molecule has 2 rings (SSSR count). The largest absolute Gasteiger partial charge is 0.342 e. The van der Waals surface area contributed by atoms with Crippen molar-refractivity contribution in [2.75, 3.05) is 13.1 Å². The van der Waals surface area contributed by atoms with Crippen LogP contribution < -0.4 is 5.32 Å². The Morgan fingerprint density at radius 2 is 2.12 bits per heavy atom. The van der Waals surface area contributed by atoms with E-state index in [4.69, 9.17) is 0 Å². The van der Waals surface area contributed by atoms with Crippen molar-refractivity contribution in [3.63, 3.8) is 0 Å². The van der Waals surface area contributed by atoms with Crippen LogP contribution in [0.2, 0.25) is 0 Å². The quantitative estimate of drug-likeness (QED) is 0.805. The predicted molar refractivity (Wildman–Crippen MR) is 65.4 cm³/mol. The Balaban J connectivity index is 2.09. The Morgan fingerprint density at radius 3 is 2.65 bits per heavy atom. The first-order valence-corrected chi connectivity index (χ1v) is 6.65. The Kier molecular flexibility index (Phi) is 3.40. The molecule has 0 aromatic heterocycles. The topological polar surface area (TPSA) is 49.4 Å². The minimum Gasteiger partial charge on any atom is -0.342 e. The highest BCUT2D eigenvalue weighted by Crippen LogP contribution is 2.28. The number of nitrogens with one attached hydrogen (secondary N) is 1. The highest BCUT2D eigenvalue weighted by atomic mass is 16.2. The number of nitrogens with zero attached hydrogens (tertiary/aromatic N) is 1. The SMILES string of the molecule is CCC1(C)NC(=O)CCN(CC2CCC2)C1=O. The molecule has 1 unspecified atom stereocenters. The number of hydrogen-bond acceptors (Lipinski definition) is 2. The first kappa shape index (κ1) is 12.4. The first-order chi connectivity index (χ1) is 8.05. The third kappa shape index (κ3) is 2.45. The summed E-state index contributed by atoms with van der Waals surface area (Å²) in [5.41, 5.74) is -0.697. The predicted octanol–water partition coefficient (Wildman–Crippen LogP) is 1.30. The van der Waals surface area contributed by atoms with Crippen LogP contribution >= 0.6 is 0 Å². The van der Waals surface area contributed by atoms with Gasteiger partial charge in [-0.05, 0) is 32.1 Å². The summed E-state index contributed by atoms with van der Waals surface area (Å²) in [6.45, 7) is 5.21. The van der Waals surface area contributed by atoms with E-state index in [1.54, 1.807) is 0 Å². The second-order valence-corrected chi connectivity index (χ2v) is 5.53. The van der Waals surface area contributed by atoms with Crippen LogP contribution in [0.4, 0.5) is 0 Å². The van der Waals surface area contributed by atoms with Crippen LogP contribution in [0.5, 0.6) is 0 Å². The minimum absolute atomic E-state index is 0.00110. The molecule has 4 heteroatoms. The Labute approximate surface area is 103 Å². The lowest BCUT2D eigenvalue weighted by Crippen LogP contribution is -2.55. The lowest BCUT2D eigenvalue weighted by Gasteiger charge is -2.35. The molecule has 0 spiro atoms. The van der Waals surface area contributed by atoms with Gasteiger partial charge in [0.05, 0.1) is 0 Å². The van der Waals surface area contributed by atoms with Gasteiger partial charge in [0, 0.05) is 19.5 Å². The molecule has 0 aromatic carbocycles. The van der Waals surface area contributed by atoms with Crippen molar-refractivity contribution in [2.24, 2.45) is 5.92 Å². The number of carbonyl (C=O) groups is 2. The van der Waals surface area contributed by atoms with E-state index in [-0.39, 0.29) is 11.8 Å². The monoisotopic (exact) mass is 238 g/mol. The highest BCUT2D eigenvalue weighted by Gasteiger charge is 2.39. The average molecular weight is 238 g/mol. The Morgan fingerprint density at radius 1 is 1.41 bits per heavy atom. The van der Waals surface area contributed by atoms with Crippen molar-refractivity contribution in [3.05, 3.63) is 0 Å². The Hall–Kier alpha value is -1.06. The van der Waals surface area contributed by atoms with Gasteiger partial charge in [-0.3, -0.25) is 9.59 Å². The molecule has 1 N–H and O–H groups in total. The molecule has 1 aliphatic carbocycles. The second kappa shape index (κ2) is 4.67. The summed E-state index contributed by atoms with van der Waals surface area (Å²) in [5.74, 6) is 0.754. The normalized spacial score (nSPS) is 30.8. The van der Waals surface area contributed by atoms with E-state index in [0.717, 1.165) is 6.54 Å². The van der Waals surface area contributed by atoms with Crippen LogP contribution in [0, 0.1) is 5.92 Å². The van der Waals surface area contributed by atoms with Crippen LogP contribution in [-0.4, -0.2) is 35.3 Å². The van der Waals surface area contributed by atoms with Crippen LogP contribution in [0.15, 0.2) is 0 Å². The summed E-state index contributed by atoms with van der Waals surface area (Å²) in [5, 5.41) is 2.86. The molecule has 4 nitrogen and oxygen atoms in total. The fraction of sp³-hybridized carbons (Fsp3) is 0.846. The number of amides is 2. The van der Waals surface area contributed by atoms with Crippen molar-refractivity contribution < 1.29 is 9.59 Å². The smallest absolute Gasteiger partial charge is 0.248 e. The molecular weight excluding hydrogens is 216 g/mol. The Bertz CT molecular complexity index is 325. The molecular formula is C13H22N2O2. The molecule has 0 aromatic rings. The van der Waals surface area contributed by atoms with Crippen LogP contribution in [0.3, 0.4) is 0 Å². The van der Waals surface area contributed by atoms with E-state index in [0.29, 0.717) is 25.3 Å². The van der Waals surface area contributed by atoms with Gasteiger partial charge in [-0.1, -0.05) is 13.3 Å². The van der Waals surface area contributed by atoms with Gasteiger partial charge >= 0.3 is 0 Å². The maximum atomic E-state index is 12.4. The van der Waals surface area contributed by atoms with Gasteiger partial charge in [0.1, 0.15) is 5.54 Å². The highest BCUT2D eigenvalue weighted by molar-refractivity contribution is 5.93. The first-order valence-electron chi connectivity index (χ1n) is 6.65. The third-order valence-corrected chi connectivity index (χ3v) is 4.19. The van der Waals surface area contributed by atoms with Gasteiger partial charge in [-0.15, -0.1) is 0 Å². The van der Waals surface area contributed by atoms with Gasteiger partial charge in [0.15, 0.2) is 0 Å². The molecule has 17 heavy (non-hydrogen) atoms. The summed E-state index contributed by atoms with van der Waals surface area (Å²) < 4.78 is 0. The van der Waals surface area contributed by atoms with Gasteiger partial charge in [0.2, 0.25) is 11.8 Å². The van der Waals surface area contributed by atoms with E-state index in [1.807, 2.05) is 18.7 Å². The zero-order chi connectivity index (χ0) is 12.5. The van der Waals surface area contributed by atoms with Crippen molar-refractivity contribution in [2.45, 2.75) is 51.5 Å². The minimum atomic E-state index is -0.697. The number of carbonyl (C=O) groups excluding carboxylic acids is 2. The van der Waals surface area contributed by atoms with Crippen LogP contribution in [-0.2, 0) is 9.59 Å². The van der Waals surface area contributed by atoms with Gasteiger partial charge in [0.25, 0.3) is 0 Å². The number of rotatable bonds is 3. The van der Waals surface area contributed by atoms with Gasteiger partial charge in [-0.25, -0.2) is 0 Å². The van der Waals surface area contributed by atoms with Gasteiger partial charge < -0.3 is 10.2 Å². The fourth-order valence-corrected chi connectivity index (χ4v) is 2.51. The van der Waals surface area contributed by atoms with Crippen molar-refractivity contribution in [1.82, 2.24) is 10.2 Å². The van der Waals surface area contributed by atoms with E-state index in [2.05, 4.69) is 5.32 Å². The molecule has 1 heterocycles. The molecule has 1 aliphatic heterocycles. The van der Waals surface area contributed by atoms with E-state index in [9.17, 15) is 9.59 Å². The van der Waals surface area contributed by atoms with Crippen molar-refractivity contribution in [1.29, 1.82) is 0 Å². The lowest BCUT2D eigenvalue weighted by atomic mass is 9.84. The molecule has 0 radical (unpaired) electrons. The maximum absolute atomic E-state index is 12.4. The fourth-order valence-electron chi connectivity index (χ4n) is 2.51. The zero-order valence-electron chi connectivity index (χ0n) is 10.8. The zero-order valence-corrected chi connectivity index (χ0v) is 10.8. The summed E-state index contributed by atoms with van der Waals surface area (Å²) in [6.07, 6.45) is 4.84. The summed E-state index contributed by atoms with van der Waals surface area (Å²) in [7, 11) is 0. The number of hydrogen-bond donors (Lipinski definition) is 1. The van der Waals surface area contributed by atoms with Crippen molar-refractivity contribution in [3.8, 4) is 0 Å². The molecule has 96 valence electrons. The van der Waals surface area contributed by atoms with Crippen LogP contribution in [0.1, 0.15) is 46.0 Å². The second-order valence-electron chi connectivity index (χ2n) is 5.53. The van der Waals surface area contributed by atoms with Crippen LogP contribution in [0.25, 0.3) is 0 Å². The lowest BCUT2D eigenvalue weighted by molar-refractivity contribution is -0.139. The molecule has 1 atom stereocenters. The maximum Gasteiger partial charge on any atom is 0.248 e. The molecule has 1 saturated carbocycles. The van der Waals surface area contributed by atoms with Gasteiger partial charge in [-0.2, -0.15) is 0 Å². The van der Waals surface area contributed by atoms with Crippen molar-refractivity contribution >= 4 is 11.8 Å². The summed E-state index contributed by atoms with van der Waals surface area (Å²) in [6, 6.07) is 0. The average Bonchev–Trinajstić information content (AvgIpc) is 2.34. The molecule has 2 fully saturated rings. The third-order valence-electron chi connectivity index (χ3n) is 4.19. The van der Waals surface area contributed by atoms with E-state index in [1.165, 1.54) is 19.3 Å². The molecule has 1 saturated heterocycles.